The van der Waals surface area contributed by atoms with Crippen molar-refractivity contribution >= 4 is 11.8 Å². The van der Waals surface area contributed by atoms with Crippen LogP contribution in [0.15, 0.2) is 65.2 Å². The number of hydrogen-bond acceptors (Lipinski definition) is 4. The van der Waals surface area contributed by atoms with Crippen molar-refractivity contribution in [2.75, 3.05) is 6.54 Å². The van der Waals surface area contributed by atoms with Crippen LogP contribution >= 0.6 is 0 Å². The van der Waals surface area contributed by atoms with Gasteiger partial charge in [-0.1, -0.05) is 48.3 Å². The lowest BCUT2D eigenvalue weighted by Gasteiger charge is -2.39. The highest BCUT2D eigenvalue weighted by atomic mass is 19.1. The van der Waals surface area contributed by atoms with E-state index in [-0.39, 0.29) is 29.4 Å². The van der Waals surface area contributed by atoms with Gasteiger partial charge in [0.15, 0.2) is 11.5 Å². The van der Waals surface area contributed by atoms with Crippen LogP contribution in [0.25, 0.3) is 11.3 Å². The molecule has 1 aliphatic carbocycles. The summed E-state index contributed by atoms with van der Waals surface area (Å²) in [6.07, 6.45) is 2.83. The fourth-order valence-electron chi connectivity index (χ4n) is 4.05. The van der Waals surface area contributed by atoms with E-state index in [0.717, 1.165) is 18.4 Å². The van der Waals surface area contributed by atoms with E-state index >= 15 is 0 Å². The van der Waals surface area contributed by atoms with Gasteiger partial charge in [-0.25, -0.2) is 4.39 Å². The minimum atomic E-state index is -0.522. The number of nitrogens with zero attached hydrogens (tertiary/aromatic N) is 2. The third kappa shape index (κ3) is 4.08. The third-order valence-electron chi connectivity index (χ3n) is 5.95. The third-order valence-corrected chi connectivity index (χ3v) is 5.95. The molecule has 1 aromatic heterocycles. The summed E-state index contributed by atoms with van der Waals surface area (Å²) in [5.74, 6) is 0.0319. The molecule has 2 amide bonds. The SMILES string of the molecule is O=C1N[C@@H](c2ccccc2)CN(C(=O)c2cc(-c3ccc(F)cc3)on2)[C@H]1CC1CC1. The molecule has 7 heteroatoms. The standard InChI is InChI=1S/C24H22FN3O3/c25-18-10-8-17(9-11-18)22-13-19(27-31-22)24(30)28-14-20(16-4-2-1-3-5-16)26-23(29)21(28)12-15-6-7-15/h1-5,8-11,13,15,20-21H,6-7,12,14H2,(H,26,29)/t20-,21+/m1/s1. The lowest BCUT2D eigenvalue weighted by Crippen LogP contribution is -2.58. The van der Waals surface area contributed by atoms with Crippen LogP contribution in [0.1, 0.15) is 41.4 Å². The van der Waals surface area contributed by atoms with Gasteiger partial charge in [0.05, 0.1) is 6.04 Å². The molecule has 2 heterocycles. The molecule has 2 atom stereocenters. The second-order valence-corrected chi connectivity index (χ2v) is 8.21. The van der Waals surface area contributed by atoms with Crippen LogP contribution in [-0.4, -0.2) is 34.5 Å². The quantitative estimate of drug-likeness (QED) is 0.679. The van der Waals surface area contributed by atoms with Gasteiger partial charge in [-0.2, -0.15) is 0 Å². The smallest absolute Gasteiger partial charge is 0.276 e. The number of amides is 2. The summed E-state index contributed by atoms with van der Waals surface area (Å²) >= 11 is 0. The Morgan fingerprint density at radius 2 is 1.87 bits per heavy atom. The highest BCUT2D eigenvalue weighted by molar-refractivity contribution is 5.97. The van der Waals surface area contributed by atoms with Crippen LogP contribution < -0.4 is 5.32 Å². The van der Waals surface area contributed by atoms with E-state index in [4.69, 9.17) is 4.52 Å². The van der Waals surface area contributed by atoms with E-state index in [1.54, 1.807) is 23.1 Å². The summed E-state index contributed by atoms with van der Waals surface area (Å²) in [7, 11) is 0. The molecule has 1 N–H and O–H groups in total. The Balaban J connectivity index is 1.42. The molecule has 2 fully saturated rings. The number of rotatable bonds is 5. The second kappa shape index (κ2) is 7.98. The van der Waals surface area contributed by atoms with Crippen LogP contribution in [0.4, 0.5) is 4.39 Å². The van der Waals surface area contributed by atoms with Crippen molar-refractivity contribution in [1.29, 1.82) is 0 Å². The molecule has 1 aliphatic heterocycles. The molecule has 0 unspecified atom stereocenters. The Bertz CT molecular complexity index is 1090. The molecule has 2 aromatic carbocycles. The van der Waals surface area contributed by atoms with Gasteiger partial charge in [0, 0.05) is 18.2 Å². The second-order valence-electron chi connectivity index (χ2n) is 8.21. The highest BCUT2D eigenvalue weighted by Crippen LogP contribution is 2.36. The van der Waals surface area contributed by atoms with E-state index < -0.39 is 6.04 Å². The van der Waals surface area contributed by atoms with Gasteiger partial charge in [-0.15, -0.1) is 0 Å². The first kappa shape index (κ1) is 19.5. The van der Waals surface area contributed by atoms with Crippen molar-refractivity contribution in [2.24, 2.45) is 5.92 Å². The highest BCUT2D eigenvalue weighted by Gasteiger charge is 2.41. The summed E-state index contributed by atoms with van der Waals surface area (Å²) in [6, 6.07) is 16.2. The Morgan fingerprint density at radius 1 is 1.13 bits per heavy atom. The Hall–Kier alpha value is -3.48. The molecule has 0 radical (unpaired) electrons. The number of carbonyl (C=O) groups excluding carboxylic acids is 2. The van der Waals surface area contributed by atoms with E-state index in [2.05, 4.69) is 10.5 Å². The number of nitrogens with one attached hydrogen (secondary N) is 1. The first-order chi connectivity index (χ1) is 15.1. The van der Waals surface area contributed by atoms with E-state index in [1.807, 2.05) is 30.3 Å². The zero-order valence-electron chi connectivity index (χ0n) is 16.8. The van der Waals surface area contributed by atoms with Gasteiger partial charge in [-0.3, -0.25) is 9.59 Å². The van der Waals surface area contributed by atoms with Gasteiger partial charge in [0.2, 0.25) is 5.91 Å². The molecule has 0 bridgehead atoms. The van der Waals surface area contributed by atoms with Gasteiger partial charge in [0.25, 0.3) is 5.91 Å². The van der Waals surface area contributed by atoms with Crippen molar-refractivity contribution in [3.63, 3.8) is 0 Å². The molecular formula is C24H22FN3O3. The summed E-state index contributed by atoms with van der Waals surface area (Å²) in [5, 5.41) is 7.03. The maximum absolute atomic E-state index is 13.4. The Labute approximate surface area is 179 Å². The minimum Gasteiger partial charge on any atom is -0.355 e. The summed E-state index contributed by atoms with van der Waals surface area (Å²) < 4.78 is 18.5. The lowest BCUT2D eigenvalue weighted by atomic mass is 9.98. The van der Waals surface area contributed by atoms with Crippen LogP contribution in [0.3, 0.4) is 0 Å². The van der Waals surface area contributed by atoms with Crippen LogP contribution in [0.2, 0.25) is 0 Å². The zero-order valence-corrected chi connectivity index (χ0v) is 16.8. The average Bonchev–Trinajstić information content (AvgIpc) is 3.48. The van der Waals surface area contributed by atoms with E-state index in [9.17, 15) is 14.0 Å². The van der Waals surface area contributed by atoms with Crippen molar-refractivity contribution < 1.29 is 18.5 Å². The van der Waals surface area contributed by atoms with Crippen LogP contribution in [0, 0.1) is 11.7 Å². The molecule has 2 aliphatic rings. The van der Waals surface area contributed by atoms with Crippen molar-refractivity contribution in [3.05, 3.63) is 77.7 Å². The largest absolute Gasteiger partial charge is 0.355 e. The molecule has 0 spiro atoms. The van der Waals surface area contributed by atoms with Gasteiger partial charge in [-0.05, 0) is 42.2 Å². The molecule has 158 valence electrons. The summed E-state index contributed by atoms with van der Waals surface area (Å²) in [5.41, 5.74) is 1.72. The fraction of sp³-hybridized carbons (Fsp3) is 0.292. The molecule has 1 saturated carbocycles. The van der Waals surface area contributed by atoms with Crippen LogP contribution in [0.5, 0.6) is 0 Å². The Morgan fingerprint density at radius 3 is 2.58 bits per heavy atom. The summed E-state index contributed by atoms with van der Waals surface area (Å²) in [6.45, 7) is 0.366. The summed E-state index contributed by atoms with van der Waals surface area (Å²) in [4.78, 5) is 28.0. The molecule has 5 rings (SSSR count). The fourth-order valence-corrected chi connectivity index (χ4v) is 4.05. The lowest BCUT2D eigenvalue weighted by molar-refractivity contribution is -0.130. The van der Waals surface area contributed by atoms with Gasteiger partial charge < -0.3 is 14.7 Å². The molecule has 1 saturated heterocycles. The van der Waals surface area contributed by atoms with E-state index in [0.29, 0.717) is 30.2 Å². The van der Waals surface area contributed by atoms with Crippen molar-refractivity contribution in [2.45, 2.75) is 31.3 Å². The predicted octanol–water partition coefficient (Wildman–Crippen LogP) is 3.96. The number of hydrogen-bond donors (Lipinski definition) is 1. The maximum Gasteiger partial charge on any atom is 0.276 e. The van der Waals surface area contributed by atoms with Gasteiger partial charge in [0.1, 0.15) is 11.9 Å². The van der Waals surface area contributed by atoms with Crippen LogP contribution in [-0.2, 0) is 4.79 Å². The Kier molecular flexibility index (Phi) is 5.02. The number of piperazine rings is 1. The number of benzene rings is 2. The molecular weight excluding hydrogens is 397 g/mol. The first-order valence-corrected chi connectivity index (χ1v) is 10.5. The zero-order chi connectivity index (χ0) is 21.4. The van der Waals surface area contributed by atoms with Crippen molar-refractivity contribution in [3.8, 4) is 11.3 Å². The number of halogens is 1. The number of carbonyl (C=O) groups is 2. The normalized spacial score (nSPS) is 21.1. The predicted molar refractivity (Wildman–Crippen MR) is 111 cm³/mol. The molecule has 3 aromatic rings. The maximum atomic E-state index is 13.4. The topological polar surface area (TPSA) is 75.4 Å². The van der Waals surface area contributed by atoms with Gasteiger partial charge >= 0.3 is 0 Å². The molecule has 6 nitrogen and oxygen atoms in total. The van der Waals surface area contributed by atoms with Crippen molar-refractivity contribution in [1.82, 2.24) is 15.4 Å². The average molecular weight is 419 g/mol. The number of aromatic nitrogens is 1. The van der Waals surface area contributed by atoms with E-state index in [1.165, 1.54) is 12.1 Å². The first-order valence-electron chi connectivity index (χ1n) is 10.5. The minimum absolute atomic E-state index is 0.136. The molecule has 31 heavy (non-hydrogen) atoms. The monoisotopic (exact) mass is 419 g/mol.